The van der Waals surface area contributed by atoms with Gasteiger partial charge in [0.1, 0.15) is 0 Å². The van der Waals surface area contributed by atoms with Crippen molar-refractivity contribution < 1.29 is 4.39 Å². The molecule has 1 aliphatic heterocycles. The van der Waals surface area contributed by atoms with E-state index in [4.69, 9.17) is 11.6 Å². The topological polar surface area (TPSA) is 38.1 Å². The highest BCUT2D eigenvalue weighted by Crippen LogP contribution is 2.30. The van der Waals surface area contributed by atoms with Gasteiger partial charge in [-0.25, -0.2) is 9.37 Å². The summed E-state index contributed by atoms with van der Waals surface area (Å²) >= 11 is 5.73. The first-order chi connectivity index (χ1) is 10.5. The van der Waals surface area contributed by atoms with Gasteiger partial charge < -0.3 is 9.47 Å². The minimum Gasteiger partial charge on any atom is -0.354 e. The molecule has 0 unspecified atom stereocenters. The van der Waals surface area contributed by atoms with E-state index in [1.165, 1.54) is 12.3 Å². The van der Waals surface area contributed by atoms with Crippen molar-refractivity contribution in [1.29, 1.82) is 0 Å². The van der Waals surface area contributed by atoms with Gasteiger partial charge in [-0.1, -0.05) is 11.6 Å². The number of rotatable bonds is 2. The molecule has 22 heavy (non-hydrogen) atoms. The van der Waals surface area contributed by atoms with E-state index in [0.29, 0.717) is 29.8 Å². The molecule has 2 aromatic heterocycles. The molecule has 116 valence electrons. The molecule has 0 bridgehead atoms. The van der Waals surface area contributed by atoms with Gasteiger partial charge in [0.05, 0.1) is 5.02 Å². The van der Waals surface area contributed by atoms with Crippen LogP contribution in [0.25, 0.3) is 0 Å². The molecule has 4 nitrogen and oxygen atoms in total. The first-order valence-electron chi connectivity index (χ1n) is 7.27. The lowest BCUT2D eigenvalue weighted by Crippen LogP contribution is -2.34. The fraction of sp³-hybridized carbons (Fsp3) is 0.375. The maximum Gasteiger partial charge on any atom is 0.250 e. The lowest BCUT2D eigenvalue weighted by Gasteiger charge is -2.33. The highest BCUT2D eigenvalue weighted by Gasteiger charge is 2.23. The Kier molecular flexibility index (Phi) is 4.16. The summed E-state index contributed by atoms with van der Waals surface area (Å²) in [4.78, 5) is 17.7. The van der Waals surface area contributed by atoms with Crippen molar-refractivity contribution >= 4 is 17.4 Å². The fourth-order valence-electron chi connectivity index (χ4n) is 2.88. The van der Waals surface area contributed by atoms with E-state index < -0.39 is 0 Å². The normalized spacial score (nSPS) is 16.0. The molecule has 0 aromatic carbocycles. The van der Waals surface area contributed by atoms with Gasteiger partial charge in [-0.3, -0.25) is 4.79 Å². The zero-order valence-corrected chi connectivity index (χ0v) is 13.1. The van der Waals surface area contributed by atoms with Crippen LogP contribution >= 0.6 is 11.6 Å². The Labute approximate surface area is 133 Å². The average Bonchev–Trinajstić information content (AvgIpc) is 2.50. The van der Waals surface area contributed by atoms with Crippen LogP contribution in [0.2, 0.25) is 5.02 Å². The maximum atomic E-state index is 13.9. The Morgan fingerprint density at radius 2 is 2.05 bits per heavy atom. The largest absolute Gasteiger partial charge is 0.354 e. The molecule has 0 radical (unpaired) electrons. The predicted molar refractivity (Wildman–Crippen MR) is 85.1 cm³/mol. The molecule has 6 heteroatoms. The molecule has 1 saturated heterocycles. The van der Waals surface area contributed by atoms with E-state index in [1.807, 2.05) is 11.0 Å². The number of halogens is 2. The third-order valence-corrected chi connectivity index (χ3v) is 4.39. The minimum absolute atomic E-state index is 0.00495. The second-order valence-corrected chi connectivity index (χ2v) is 6.07. The standard InChI is InChI=1S/C16H17ClFN3O/c1-20-5-2-12(8-15(20)22)11-3-6-21(7-4-11)16-14(18)9-13(17)10-19-16/h2,5,8-11H,3-4,6-7H2,1H3. The van der Waals surface area contributed by atoms with Crippen LogP contribution in [0.15, 0.2) is 35.4 Å². The molecule has 0 amide bonds. The number of anilines is 1. The lowest BCUT2D eigenvalue weighted by atomic mass is 9.90. The highest BCUT2D eigenvalue weighted by atomic mass is 35.5. The van der Waals surface area contributed by atoms with Crippen LogP contribution in [-0.4, -0.2) is 22.6 Å². The van der Waals surface area contributed by atoms with Gasteiger partial charge in [0, 0.05) is 38.6 Å². The van der Waals surface area contributed by atoms with Gasteiger partial charge >= 0.3 is 0 Å². The van der Waals surface area contributed by atoms with Crippen molar-refractivity contribution in [3.05, 3.63) is 57.3 Å². The Morgan fingerprint density at radius 3 is 2.68 bits per heavy atom. The molecule has 2 aromatic rings. The maximum absolute atomic E-state index is 13.9. The Bertz CT molecular complexity index is 738. The van der Waals surface area contributed by atoms with Gasteiger partial charge in [0.15, 0.2) is 11.6 Å². The number of hydrogen-bond acceptors (Lipinski definition) is 3. The van der Waals surface area contributed by atoms with Gasteiger partial charge in [0.2, 0.25) is 0 Å². The SMILES string of the molecule is Cn1ccc(C2CCN(c3ncc(Cl)cc3F)CC2)cc1=O. The molecule has 0 atom stereocenters. The van der Waals surface area contributed by atoms with E-state index >= 15 is 0 Å². The van der Waals surface area contributed by atoms with Gasteiger partial charge in [-0.05, 0) is 36.5 Å². The summed E-state index contributed by atoms with van der Waals surface area (Å²) in [7, 11) is 1.74. The molecule has 0 aliphatic carbocycles. The highest BCUT2D eigenvalue weighted by molar-refractivity contribution is 6.30. The smallest absolute Gasteiger partial charge is 0.250 e. The zero-order chi connectivity index (χ0) is 15.7. The molecular formula is C16H17ClFN3O. The van der Waals surface area contributed by atoms with Gasteiger partial charge in [-0.2, -0.15) is 0 Å². The fourth-order valence-corrected chi connectivity index (χ4v) is 3.03. The summed E-state index contributed by atoms with van der Waals surface area (Å²) < 4.78 is 15.5. The third kappa shape index (κ3) is 2.99. The van der Waals surface area contributed by atoms with Crippen molar-refractivity contribution in [2.45, 2.75) is 18.8 Å². The van der Waals surface area contributed by atoms with Crippen molar-refractivity contribution in [3.8, 4) is 0 Å². The summed E-state index contributed by atoms with van der Waals surface area (Å²) in [6.07, 6.45) is 5.01. The number of aromatic nitrogens is 2. The average molecular weight is 322 g/mol. The van der Waals surface area contributed by atoms with Crippen LogP contribution in [-0.2, 0) is 7.05 Å². The predicted octanol–water partition coefficient (Wildman–Crippen LogP) is 2.96. The van der Waals surface area contributed by atoms with E-state index in [2.05, 4.69) is 4.98 Å². The number of nitrogens with zero attached hydrogens (tertiary/aromatic N) is 3. The zero-order valence-electron chi connectivity index (χ0n) is 12.3. The van der Waals surface area contributed by atoms with E-state index in [0.717, 1.165) is 18.4 Å². The number of pyridine rings is 2. The van der Waals surface area contributed by atoms with Gasteiger partial charge in [0.25, 0.3) is 5.56 Å². The van der Waals surface area contributed by atoms with E-state index in [9.17, 15) is 9.18 Å². The first-order valence-corrected chi connectivity index (χ1v) is 7.65. The molecule has 1 aliphatic rings. The molecule has 0 N–H and O–H groups in total. The van der Waals surface area contributed by atoms with Crippen molar-refractivity contribution in [2.24, 2.45) is 7.05 Å². The van der Waals surface area contributed by atoms with Crippen LogP contribution in [0.1, 0.15) is 24.3 Å². The van der Waals surface area contributed by atoms with Crippen molar-refractivity contribution in [2.75, 3.05) is 18.0 Å². The summed E-state index contributed by atoms with van der Waals surface area (Å²) in [6.45, 7) is 1.43. The summed E-state index contributed by atoms with van der Waals surface area (Å²) in [5, 5.41) is 0.302. The first kappa shape index (κ1) is 15.0. The number of hydrogen-bond donors (Lipinski definition) is 0. The van der Waals surface area contributed by atoms with Crippen LogP contribution in [0.4, 0.5) is 10.2 Å². The van der Waals surface area contributed by atoms with Crippen LogP contribution in [0.5, 0.6) is 0 Å². The Morgan fingerprint density at radius 1 is 1.32 bits per heavy atom. The molecule has 3 rings (SSSR count). The lowest BCUT2D eigenvalue weighted by molar-refractivity contribution is 0.492. The quantitative estimate of drug-likeness (QED) is 0.853. The summed E-state index contributed by atoms with van der Waals surface area (Å²) in [6, 6.07) is 4.97. The molecular weight excluding hydrogens is 305 g/mol. The number of aryl methyl sites for hydroxylation is 1. The Balaban J connectivity index is 1.72. The monoisotopic (exact) mass is 321 g/mol. The molecule has 0 saturated carbocycles. The van der Waals surface area contributed by atoms with Crippen LogP contribution < -0.4 is 10.5 Å². The van der Waals surface area contributed by atoms with Crippen LogP contribution in [0, 0.1) is 5.82 Å². The van der Waals surface area contributed by atoms with Crippen molar-refractivity contribution in [1.82, 2.24) is 9.55 Å². The van der Waals surface area contributed by atoms with Crippen LogP contribution in [0.3, 0.4) is 0 Å². The summed E-state index contributed by atoms with van der Waals surface area (Å²) in [5.41, 5.74) is 1.07. The molecule has 0 spiro atoms. The second kappa shape index (κ2) is 6.08. The van der Waals surface area contributed by atoms with Crippen molar-refractivity contribution in [3.63, 3.8) is 0 Å². The number of piperidine rings is 1. The van der Waals surface area contributed by atoms with E-state index in [1.54, 1.807) is 23.9 Å². The molecule has 3 heterocycles. The molecule has 1 fully saturated rings. The van der Waals surface area contributed by atoms with E-state index in [-0.39, 0.29) is 11.4 Å². The third-order valence-electron chi connectivity index (χ3n) is 4.18. The Hall–Kier alpha value is -1.88. The second-order valence-electron chi connectivity index (χ2n) is 5.63. The van der Waals surface area contributed by atoms with Gasteiger partial charge in [-0.15, -0.1) is 0 Å². The summed E-state index contributed by atoms with van der Waals surface area (Å²) in [5.74, 6) is 0.298. The minimum atomic E-state index is -0.389.